The van der Waals surface area contributed by atoms with E-state index in [1.54, 1.807) is 0 Å². The van der Waals surface area contributed by atoms with Gasteiger partial charge in [-0.3, -0.25) is 9.89 Å². The standard InChI is InChI=1S/C13H12BrN3O/c1-2-8-5-12(18)17(7-8)9-3-4-11-10(6-9)13(14)16-15-11/h2-4,6,8H,1,5,7H2,(H,15,16). The van der Waals surface area contributed by atoms with Gasteiger partial charge in [-0.15, -0.1) is 6.58 Å². The van der Waals surface area contributed by atoms with Crippen LogP contribution in [0.1, 0.15) is 6.42 Å². The van der Waals surface area contributed by atoms with Crippen LogP contribution in [0.2, 0.25) is 0 Å². The highest BCUT2D eigenvalue weighted by Crippen LogP contribution is 2.30. The Morgan fingerprint density at radius 3 is 3.11 bits per heavy atom. The summed E-state index contributed by atoms with van der Waals surface area (Å²) in [6, 6.07) is 5.83. The number of carbonyl (C=O) groups is 1. The number of hydrogen-bond acceptors (Lipinski definition) is 2. The van der Waals surface area contributed by atoms with Gasteiger partial charge in [0, 0.05) is 30.0 Å². The van der Waals surface area contributed by atoms with Crippen LogP contribution in [0.5, 0.6) is 0 Å². The van der Waals surface area contributed by atoms with E-state index in [4.69, 9.17) is 0 Å². The first-order valence-electron chi connectivity index (χ1n) is 5.75. The fraction of sp³-hybridized carbons (Fsp3) is 0.231. The lowest BCUT2D eigenvalue weighted by Gasteiger charge is -2.16. The molecule has 0 aliphatic carbocycles. The molecule has 5 heteroatoms. The molecular formula is C13H12BrN3O. The zero-order valence-corrected chi connectivity index (χ0v) is 11.3. The van der Waals surface area contributed by atoms with Gasteiger partial charge in [0.25, 0.3) is 0 Å². The van der Waals surface area contributed by atoms with Crippen LogP contribution in [0.15, 0.2) is 35.5 Å². The number of amides is 1. The molecule has 1 atom stereocenters. The summed E-state index contributed by atoms with van der Waals surface area (Å²) in [4.78, 5) is 13.8. The summed E-state index contributed by atoms with van der Waals surface area (Å²) < 4.78 is 0.839. The molecule has 3 rings (SSSR count). The molecule has 1 unspecified atom stereocenters. The van der Waals surface area contributed by atoms with Crippen molar-refractivity contribution in [1.29, 1.82) is 0 Å². The molecule has 1 aromatic heterocycles. The molecule has 2 aromatic rings. The Morgan fingerprint density at radius 2 is 2.39 bits per heavy atom. The van der Waals surface area contributed by atoms with Crippen LogP contribution in [0.3, 0.4) is 0 Å². The van der Waals surface area contributed by atoms with E-state index in [-0.39, 0.29) is 11.8 Å². The Kier molecular flexibility index (Phi) is 2.70. The summed E-state index contributed by atoms with van der Waals surface area (Å²) in [6.07, 6.45) is 2.40. The third kappa shape index (κ3) is 1.75. The van der Waals surface area contributed by atoms with Gasteiger partial charge in [-0.05, 0) is 34.1 Å². The maximum absolute atomic E-state index is 11.9. The van der Waals surface area contributed by atoms with E-state index in [9.17, 15) is 4.79 Å². The number of anilines is 1. The first-order valence-corrected chi connectivity index (χ1v) is 6.55. The van der Waals surface area contributed by atoms with Gasteiger partial charge in [0.05, 0.1) is 5.52 Å². The maximum atomic E-state index is 11.9. The molecule has 0 radical (unpaired) electrons. The predicted molar refractivity (Wildman–Crippen MR) is 74.5 cm³/mol. The highest BCUT2D eigenvalue weighted by Gasteiger charge is 2.28. The number of nitrogens with zero attached hydrogens (tertiary/aromatic N) is 2. The van der Waals surface area contributed by atoms with Gasteiger partial charge in [-0.2, -0.15) is 5.10 Å². The Bertz CT molecular complexity index is 634. The van der Waals surface area contributed by atoms with Crippen LogP contribution in [0.25, 0.3) is 10.9 Å². The number of H-pyrrole nitrogens is 1. The van der Waals surface area contributed by atoms with Crippen LogP contribution < -0.4 is 4.90 Å². The number of carbonyl (C=O) groups excluding carboxylic acids is 1. The maximum Gasteiger partial charge on any atom is 0.227 e. The molecule has 1 N–H and O–H groups in total. The van der Waals surface area contributed by atoms with Gasteiger partial charge >= 0.3 is 0 Å². The van der Waals surface area contributed by atoms with Crippen molar-refractivity contribution in [2.75, 3.05) is 11.4 Å². The number of nitrogens with one attached hydrogen (secondary N) is 1. The number of hydrogen-bond donors (Lipinski definition) is 1. The zero-order valence-electron chi connectivity index (χ0n) is 9.69. The molecule has 4 nitrogen and oxygen atoms in total. The minimum absolute atomic E-state index is 0.152. The molecule has 18 heavy (non-hydrogen) atoms. The minimum atomic E-state index is 0.152. The zero-order chi connectivity index (χ0) is 12.7. The summed E-state index contributed by atoms with van der Waals surface area (Å²) in [5.41, 5.74) is 1.80. The summed E-state index contributed by atoms with van der Waals surface area (Å²) >= 11 is 3.41. The van der Waals surface area contributed by atoms with Crippen molar-refractivity contribution in [2.24, 2.45) is 5.92 Å². The monoisotopic (exact) mass is 305 g/mol. The number of aromatic nitrogens is 2. The highest BCUT2D eigenvalue weighted by atomic mass is 79.9. The smallest absolute Gasteiger partial charge is 0.227 e. The quantitative estimate of drug-likeness (QED) is 0.867. The van der Waals surface area contributed by atoms with Crippen molar-refractivity contribution in [3.05, 3.63) is 35.5 Å². The normalized spacial score (nSPS) is 19.7. The lowest BCUT2D eigenvalue weighted by Crippen LogP contribution is -2.24. The van der Waals surface area contributed by atoms with E-state index >= 15 is 0 Å². The summed E-state index contributed by atoms with van der Waals surface area (Å²) in [6.45, 7) is 4.47. The van der Waals surface area contributed by atoms with Gasteiger partial charge in [-0.1, -0.05) is 6.08 Å². The summed E-state index contributed by atoms with van der Waals surface area (Å²) in [5, 5.41) is 8.01. The number of benzene rings is 1. The van der Waals surface area contributed by atoms with Crippen molar-refractivity contribution in [1.82, 2.24) is 10.2 Å². The molecule has 1 fully saturated rings. The van der Waals surface area contributed by atoms with Crippen LogP contribution in [-0.4, -0.2) is 22.6 Å². The van der Waals surface area contributed by atoms with Crippen molar-refractivity contribution in [2.45, 2.75) is 6.42 Å². The Morgan fingerprint density at radius 1 is 1.56 bits per heavy atom. The van der Waals surface area contributed by atoms with Crippen LogP contribution in [0, 0.1) is 5.92 Å². The number of halogens is 1. The van der Waals surface area contributed by atoms with Gasteiger partial charge in [0.2, 0.25) is 5.91 Å². The van der Waals surface area contributed by atoms with E-state index < -0.39 is 0 Å². The second-order valence-corrected chi connectivity index (χ2v) is 5.24. The lowest BCUT2D eigenvalue weighted by atomic mass is 10.1. The topological polar surface area (TPSA) is 49.0 Å². The minimum Gasteiger partial charge on any atom is -0.312 e. The molecule has 0 spiro atoms. The second-order valence-electron chi connectivity index (χ2n) is 4.44. The first-order chi connectivity index (χ1) is 8.69. The fourth-order valence-electron chi connectivity index (χ4n) is 2.28. The largest absolute Gasteiger partial charge is 0.312 e. The second kappa shape index (κ2) is 4.24. The molecule has 1 saturated heterocycles. The van der Waals surface area contributed by atoms with Gasteiger partial charge < -0.3 is 4.90 Å². The predicted octanol–water partition coefficient (Wildman–Crippen LogP) is 2.86. The average Bonchev–Trinajstić information content (AvgIpc) is 2.93. The Balaban J connectivity index is 2.01. The summed E-state index contributed by atoms with van der Waals surface area (Å²) in [7, 11) is 0. The number of aromatic amines is 1. The molecule has 92 valence electrons. The lowest BCUT2D eigenvalue weighted by molar-refractivity contribution is -0.117. The molecule has 0 saturated carbocycles. The van der Waals surface area contributed by atoms with Crippen LogP contribution in [-0.2, 0) is 4.79 Å². The molecule has 1 aliphatic heterocycles. The SMILES string of the molecule is C=CC1CC(=O)N(c2ccc3n[nH]c(Br)c3c2)C1. The van der Waals surface area contributed by atoms with Gasteiger partial charge in [-0.25, -0.2) is 0 Å². The molecule has 2 heterocycles. The Labute approximate surface area is 113 Å². The van der Waals surface area contributed by atoms with Crippen molar-refractivity contribution in [3.63, 3.8) is 0 Å². The Hall–Kier alpha value is -1.62. The van der Waals surface area contributed by atoms with Gasteiger partial charge in [0.15, 0.2) is 0 Å². The third-order valence-corrected chi connectivity index (χ3v) is 3.90. The first kappa shape index (κ1) is 11.5. The van der Waals surface area contributed by atoms with Crippen molar-refractivity contribution < 1.29 is 4.79 Å². The highest BCUT2D eigenvalue weighted by molar-refractivity contribution is 9.10. The van der Waals surface area contributed by atoms with E-state index in [1.165, 1.54) is 0 Å². The summed E-state index contributed by atoms with van der Waals surface area (Å²) in [5.74, 6) is 0.403. The average molecular weight is 306 g/mol. The van der Waals surface area contributed by atoms with E-state index in [1.807, 2.05) is 29.2 Å². The molecular weight excluding hydrogens is 294 g/mol. The number of rotatable bonds is 2. The molecule has 1 aromatic carbocycles. The fourth-order valence-corrected chi connectivity index (χ4v) is 2.68. The van der Waals surface area contributed by atoms with E-state index in [2.05, 4.69) is 32.7 Å². The third-order valence-electron chi connectivity index (χ3n) is 3.29. The van der Waals surface area contributed by atoms with Gasteiger partial charge in [0.1, 0.15) is 4.60 Å². The van der Waals surface area contributed by atoms with E-state index in [0.717, 1.165) is 21.2 Å². The van der Waals surface area contributed by atoms with Crippen LogP contribution >= 0.6 is 15.9 Å². The van der Waals surface area contributed by atoms with Crippen molar-refractivity contribution >= 4 is 38.4 Å². The van der Waals surface area contributed by atoms with Crippen molar-refractivity contribution in [3.8, 4) is 0 Å². The molecule has 1 aliphatic rings. The number of fused-ring (bicyclic) bond motifs is 1. The van der Waals surface area contributed by atoms with E-state index in [0.29, 0.717) is 13.0 Å². The molecule has 1 amide bonds. The van der Waals surface area contributed by atoms with Crippen LogP contribution in [0.4, 0.5) is 5.69 Å². The molecule has 0 bridgehead atoms.